The SMILES string of the molecule is CNC1CCC(N(C)Cc2nnc(C)n2C)CC1. The average molecular weight is 251 g/mol. The zero-order valence-electron chi connectivity index (χ0n) is 12.0. The van der Waals surface area contributed by atoms with E-state index in [0.29, 0.717) is 12.1 Å². The van der Waals surface area contributed by atoms with Crippen molar-refractivity contribution in [1.82, 2.24) is 25.0 Å². The Labute approximate surface area is 110 Å². The van der Waals surface area contributed by atoms with E-state index in [1.807, 2.05) is 14.0 Å². The largest absolute Gasteiger partial charge is 0.317 e. The van der Waals surface area contributed by atoms with Crippen molar-refractivity contribution in [3.8, 4) is 0 Å². The monoisotopic (exact) mass is 251 g/mol. The maximum Gasteiger partial charge on any atom is 0.146 e. The van der Waals surface area contributed by atoms with Crippen molar-refractivity contribution in [3.05, 3.63) is 11.6 Å². The van der Waals surface area contributed by atoms with Gasteiger partial charge in [0.15, 0.2) is 0 Å². The van der Waals surface area contributed by atoms with Crippen LogP contribution < -0.4 is 5.32 Å². The van der Waals surface area contributed by atoms with Crippen LogP contribution in [-0.4, -0.2) is 45.8 Å². The molecule has 0 amide bonds. The van der Waals surface area contributed by atoms with Crippen molar-refractivity contribution >= 4 is 0 Å². The second-order valence-corrected chi connectivity index (χ2v) is 5.43. The third-order valence-electron chi connectivity index (χ3n) is 4.30. The third kappa shape index (κ3) is 2.90. The van der Waals surface area contributed by atoms with Crippen molar-refractivity contribution in [1.29, 1.82) is 0 Å². The smallest absolute Gasteiger partial charge is 0.146 e. The van der Waals surface area contributed by atoms with Crippen LogP contribution in [0.5, 0.6) is 0 Å². The number of nitrogens with one attached hydrogen (secondary N) is 1. The molecule has 1 saturated carbocycles. The first kappa shape index (κ1) is 13.5. The van der Waals surface area contributed by atoms with Crippen molar-refractivity contribution < 1.29 is 0 Å². The molecule has 1 aliphatic carbocycles. The number of nitrogens with zero attached hydrogens (tertiary/aromatic N) is 4. The third-order valence-corrected chi connectivity index (χ3v) is 4.30. The highest BCUT2D eigenvalue weighted by Crippen LogP contribution is 2.23. The lowest BCUT2D eigenvalue weighted by Gasteiger charge is -2.34. The first-order valence-electron chi connectivity index (χ1n) is 6.84. The van der Waals surface area contributed by atoms with Crippen LogP contribution in [0, 0.1) is 6.92 Å². The first-order chi connectivity index (χ1) is 8.61. The summed E-state index contributed by atoms with van der Waals surface area (Å²) in [6, 6.07) is 1.40. The lowest BCUT2D eigenvalue weighted by atomic mass is 9.90. The Kier molecular flexibility index (Phi) is 4.35. The molecule has 5 nitrogen and oxygen atoms in total. The van der Waals surface area contributed by atoms with Gasteiger partial charge in [-0.2, -0.15) is 0 Å². The molecule has 5 heteroatoms. The van der Waals surface area contributed by atoms with E-state index in [4.69, 9.17) is 0 Å². The summed E-state index contributed by atoms with van der Waals surface area (Å²) in [4.78, 5) is 2.43. The number of aryl methyl sites for hydroxylation is 1. The van der Waals surface area contributed by atoms with Gasteiger partial charge >= 0.3 is 0 Å². The Hall–Kier alpha value is -0.940. The summed E-state index contributed by atoms with van der Waals surface area (Å²) < 4.78 is 2.08. The molecule has 1 aromatic heterocycles. The van der Waals surface area contributed by atoms with Crippen LogP contribution in [-0.2, 0) is 13.6 Å². The van der Waals surface area contributed by atoms with Gasteiger partial charge in [0.05, 0.1) is 6.54 Å². The molecule has 0 radical (unpaired) electrons. The summed E-state index contributed by atoms with van der Waals surface area (Å²) in [7, 11) is 6.31. The minimum Gasteiger partial charge on any atom is -0.317 e. The van der Waals surface area contributed by atoms with E-state index in [1.165, 1.54) is 25.7 Å². The predicted octanol–water partition coefficient (Wildman–Crippen LogP) is 1.09. The van der Waals surface area contributed by atoms with E-state index in [-0.39, 0.29) is 0 Å². The van der Waals surface area contributed by atoms with E-state index in [2.05, 4.69) is 39.1 Å². The molecule has 1 aliphatic rings. The molecule has 1 N–H and O–H groups in total. The molecular formula is C13H25N5. The Morgan fingerprint density at radius 1 is 1.28 bits per heavy atom. The fraction of sp³-hybridized carbons (Fsp3) is 0.846. The molecule has 1 fully saturated rings. The quantitative estimate of drug-likeness (QED) is 0.870. The number of hydrogen-bond acceptors (Lipinski definition) is 4. The lowest BCUT2D eigenvalue weighted by Crippen LogP contribution is -2.39. The van der Waals surface area contributed by atoms with Crippen molar-refractivity contribution in [2.75, 3.05) is 14.1 Å². The van der Waals surface area contributed by atoms with Crippen molar-refractivity contribution in [2.24, 2.45) is 7.05 Å². The summed E-state index contributed by atoms with van der Waals surface area (Å²) in [6.07, 6.45) is 5.12. The van der Waals surface area contributed by atoms with Gasteiger partial charge in [-0.15, -0.1) is 10.2 Å². The van der Waals surface area contributed by atoms with Crippen LogP contribution in [0.25, 0.3) is 0 Å². The van der Waals surface area contributed by atoms with Gasteiger partial charge < -0.3 is 9.88 Å². The van der Waals surface area contributed by atoms with Crippen LogP contribution in [0.3, 0.4) is 0 Å². The molecule has 1 heterocycles. The average Bonchev–Trinajstić information content (AvgIpc) is 2.71. The predicted molar refractivity (Wildman–Crippen MR) is 72.3 cm³/mol. The molecule has 0 aromatic carbocycles. The van der Waals surface area contributed by atoms with Gasteiger partial charge in [-0.1, -0.05) is 0 Å². The summed E-state index contributed by atoms with van der Waals surface area (Å²) >= 11 is 0. The van der Waals surface area contributed by atoms with E-state index in [0.717, 1.165) is 18.2 Å². The standard InChI is InChI=1S/C13H25N5/c1-10-15-16-13(18(10)4)9-17(3)12-7-5-11(14-2)6-8-12/h11-12,14H,5-9H2,1-4H3. The molecule has 0 atom stereocenters. The van der Waals surface area contributed by atoms with E-state index < -0.39 is 0 Å². The van der Waals surface area contributed by atoms with Crippen LogP contribution in [0.15, 0.2) is 0 Å². The highest BCUT2D eigenvalue weighted by Gasteiger charge is 2.23. The van der Waals surface area contributed by atoms with Gasteiger partial charge in [0.25, 0.3) is 0 Å². The minimum absolute atomic E-state index is 0.687. The van der Waals surface area contributed by atoms with Gasteiger partial charge in [-0.05, 0) is 46.7 Å². The number of hydrogen-bond donors (Lipinski definition) is 1. The van der Waals surface area contributed by atoms with Gasteiger partial charge in [-0.25, -0.2) is 0 Å². The lowest BCUT2D eigenvalue weighted by molar-refractivity contribution is 0.165. The van der Waals surface area contributed by atoms with Crippen LogP contribution in [0.4, 0.5) is 0 Å². The Bertz CT molecular complexity index is 379. The Morgan fingerprint density at radius 2 is 1.94 bits per heavy atom. The second kappa shape index (κ2) is 5.80. The molecule has 102 valence electrons. The zero-order chi connectivity index (χ0) is 13.1. The fourth-order valence-electron chi connectivity index (χ4n) is 2.75. The molecule has 0 bridgehead atoms. The molecule has 0 aliphatic heterocycles. The first-order valence-corrected chi connectivity index (χ1v) is 6.84. The van der Waals surface area contributed by atoms with Crippen LogP contribution in [0.2, 0.25) is 0 Å². The molecule has 0 spiro atoms. The number of aromatic nitrogens is 3. The van der Waals surface area contributed by atoms with E-state index >= 15 is 0 Å². The molecule has 0 saturated heterocycles. The molecule has 0 unspecified atom stereocenters. The highest BCUT2D eigenvalue weighted by molar-refractivity contribution is 4.93. The normalized spacial score (nSPS) is 24.7. The molecule has 2 rings (SSSR count). The summed E-state index contributed by atoms with van der Waals surface area (Å²) in [5, 5.41) is 11.7. The summed E-state index contributed by atoms with van der Waals surface area (Å²) in [6.45, 7) is 2.89. The van der Waals surface area contributed by atoms with Gasteiger partial charge in [0, 0.05) is 19.1 Å². The number of rotatable bonds is 4. The fourth-order valence-corrected chi connectivity index (χ4v) is 2.75. The highest BCUT2D eigenvalue weighted by atomic mass is 15.3. The van der Waals surface area contributed by atoms with E-state index in [1.54, 1.807) is 0 Å². The van der Waals surface area contributed by atoms with Crippen molar-refractivity contribution in [3.63, 3.8) is 0 Å². The zero-order valence-corrected chi connectivity index (χ0v) is 12.0. The molecule has 1 aromatic rings. The summed E-state index contributed by atoms with van der Waals surface area (Å²) in [5.74, 6) is 2.04. The van der Waals surface area contributed by atoms with E-state index in [9.17, 15) is 0 Å². The minimum atomic E-state index is 0.687. The second-order valence-electron chi connectivity index (χ2n) is 5.43. The summed E-state index contributed by atoms with van der Waals surface area (Å²) in [5.41, 5.74) is 0. The van der Waals surface area contributed by atoms with Crippen LogP contribution in [0.1, 0.15) is 37.3 Å². The Morgan fingerprint density at radius 3 is 2.44 bits per heavy atom. The van der Waals surface area contributed by atoms with Crippen LogP contribution >= 0.6 is 0 Å². The van der Waals surface area contributed by atoms with Gasteiger partial charge in [0.2, 0.25) is 0 Å². The maximum atomic E-state index is 4.24. The molecular weight excluding hydrogens is 226 g/mol. The molecule has 18 heavy (non-hydrogen) atoms. The Balaban J connectivity index is 1.89. The van der Waals surface area contributed by atoms with Gasteiger partial charge in [-0.3, -0.25) is 4.90 Å². The topological polar surface area (TPSA) is 46.0 Å². The maximum absolute atomic E-state index is 4.24. The van der Waals surface area contributed by atoms with Gasteiger partial charge in [0.1, 0.15) is 11.6 Å². The van der Waals surface area contributed by atoms with Crippen molar-refractivity contribution in [2.45, 2.75) is 51.2 Å².